The first-order chi connectivity index (χ1) is 13.4. The Morgan fingerprint density at radius 3 is 2.05 bits per heavy atom. The second-order valence-electron chi connectivity index (χ2n) is 4.50. The Morgan fingerprint density at radius 2 is 1.48 bits per heavy atom. The maximum Gasteiger partial charge on any atom is 0.0713 e. The van der Waals surface area contributed by atoms with Crippen molar-refractivity contribution in [2.75, 3.05) is 0 Å². The Balaban J connectivity index is 2.51. The van der Waals surface area contributed by atoms with Crippen molar-refractivity contribution < 1.29 is 11.0 Å². The van der Waals surface area contributed by atoms with Gasteiger partial charge in [0.15, 0.2) is 0 Å². The molecule has 21 heavy (non-hydrogen) atoms. The molecule has 0 aliphatic carbocycles. The largest absolute Gasteiger partial charge is 0.155 e. The third kappa shape index (κ3) is 2.57. The van der Waals surface area contributed by atoms with E-state index in [4.69, 9.17) is 11.0 Å². The van der Waals surface area contributed by atoms with Gasteiger partial charge in [-0.05, 0) is 24.4 Å². The molecule has 0 radical (unpaired) electrons. The van der Waals surface area contributed by atoms with Crippen LogP contribution in [0.15, 0.2) is 60.7 Å². The quantitative estimate of drug-likeness (QED) is 0.697. The lowest BCUT2D eigenvalue weighted by molar-refractivity contribution is 0.899. The van der Waals surface area contributed by atoms with Crippen LogP contribution in [0, 0.1) is 6.85 Å². The Hall–Kier alpha value is -2.48. The average molecular weight is 282 g/mol. The smallest absolute Gasteiger partial charge is 0.0713 e. The van der Waals surface area contributed by atoms with Gasteiger partial charge in [-0.2, -0.15) is 10.2 Å². The SMILES string of the molecule is [2H]C([2H])([2H])c1nnc(C([2H])([2H])C([2H])([2H])[2H])c(-c2ccccc2)c1-c1ccccc1. The fraction of sp³-hybridized carbons (Fsp3) is 0.158. The maximum absolute atomic E-state index is 8.26. The van der Waals surface area contributed by atoms with E-state index in [2.05, 4.69) is 10.2 Å². The number of hydrogen-bond acceptors (Lipinski definition) is 2. The van der Waals surface area contributed by atoms with Crippen LogP contribution in [0.1, 0.15) is 29.2 Å². The minimum absolute atomic E-state index is 0.110. The van der Waals surface area contributed by atoms with Crippen molar-refractivity contribution in [3.05, 3.63) is 72.1 Å². The van der Waals surface area contributed by atoms with Gasteiger partial charge in [0, 0.05) is 22.1 Å². The van der Waals surface area contributed by atoms with Gasteiger partial charge in [0.25, 0.3) is 0 Å². The van der Waals surface area contributed by atoms with E-state index in [0.717, 1.165) is 0 Å². The summed E-state index contributed by atoms with van der Waals surface area (Å²) < 4.78 is 63.2. The molecule has 104 valence electrons. The molecule has 1 heterocycles. The van der Waals surface area contributed by atoms with E-state index < -0.39 is 25.8 Å². The summed E-state index contributed by atoms with van der Waals surface area (Å²) in [5.74, 6) is 0. The van der Waals surface area contributed by atoms with Crippen LogP contribution in [0.5, 0.6) is 0 Å². The highest BCUT2D eigenvalue weighted by Gasteiger charge is 2.16. The predicted octanol–water partition coefficient (Wildman–Crippen LogP) is 4.68. The molecular formula is C19H18N2. The van der Waals surface area contributed by atoms with Crippen molar-refractivity contribution in [1.29, 1.82) is 0 Å². The molecule has 3 aromatic rings. The molecule has 0 fully saturated rings. The molecule has 0 amide bonds. The Morgan fingerprint density at radius 1 is 0.857 bits per heavy atom. The normalized spacial score (nSPS) is 18.1. The summed E-state index contributed by atoms with van der Waals surface area (Å²) in [5.41, 5.74) is 0.460. The van der Waals surface area contributed by atoms with Crippen LogP contribution >= 0.6 is 0 Å². The highest BCUT2D eigenvalue weighted by molar-refractivity contribution is 5.86. The van der Waals surface area contributed by atoms with Crippen LogP contribution in [0.3, 0.4) is 0 Å². The number of aromatic nitrogens is 2. The monoisotopic (exact) mass is 282 g/mol. The molecule has 0 atom stereocenters. The van der Waals surface area contributed by atoms with Crippen LogP contribution in [0.4, 0.5) is 0 Å². The van der Waals surface area contributed by atoms with Crippen LogP contribution in [0.2, 0.25) is 0 Å². The lowest BCUT2D eigenvalue weighted by Crippen LogP contribution is -2.02. The van der Waals surface area contributed by atoms with Crippen molar-refractivity contribution in [2.24, 2.45) is 0 Å². The van der Waals surface area contributed by atoms with Crippen molar-refractivity contribution in [3.8, 4) is 22.3 Å². The van der Waals surface area contributed by atoms with Crippen LogP contribution in [-0.2, 0) is 6.37 Å². The van der Waals surface area contributed by atoms with Gasteiger partial charge in [0.2, 0.25) is 0 Å². The van der Waals surface area contributed by atoms with Crippen LogP contribution in [0.25, 0.3) is 22.3 Å². The molecule has 0 spiro atoms. The summed E-state index contributed by atoms with van der Waals surface area (Å²) in [6, 6.07) is 17.0. The van der Waals surface area contributed by atoms with E-state index in [1.165, 1.54) is 0 Å². The van der Waals surface area contributed by atoms with E-state index in [0.29, 0.717) is 11.1 Å². The van der Waals surface area contributed by atoms with Gasteiger partial charge in [0.1, 0.15) is 0 Å². The van der Waals surface area contributed by atoms with E-state index in [1.807, 2.05) is 0 Å². The van der Waals surface area contributed by atoms with Gasteiger partial charge in [0.05, 0.1) is 11.4 Å². The molecule has 0 saturated carbocycles. The van der Waals surface area contributed by atoms with Crippen molar-refractivity contribution in [3.63, 3.8) is 0 Å². The van der Waals surface area contributed by atoms with Crippen molar-refractivity contribution in [1.82, 2.24) is 10.2 Å². The number of hydrogen-bond donors (Lipinski definition) is 0. The first-order valence-corrected chi connectivity index (χ1v) is 6.47. The van der Waals surface area contributed by atoms with Gasteiger partial charge >= 0.3 is 0 Å². The van der Waals surface area contributed by atoms with Gasteiger partial charge in [-0.15, -0.1) is 0 Å². The minimum Gasteiger partial charge on any atom is -0.155 e. The maximum atomic E-state index is 8.26. The molecule has 2 heteroatoms. The summed E-state index contributed by atoms with van der Waals surface area (Å²) in [5, 5.41) is 7.59. The van der Waals surface area contributed by atoms with Crippen LogP contribution < -0.4 is 0 Å². The summed E-state index contributed by atoms with van der Waals surface area (Å²) in [6.45, 7) is -5.66. The van der Waals surface area contributed by atoms with E-state index in [9.17, 15) is 0 Å². The Labute approximate surface area is 136 Å². The molecule has 1 aromatic heterocycles. The molecular weight excluding hydrogens is 256 g/mol. The Bertz CT molecular complexity index is 996. The number of benzene rings is 2. The number of nitrogens with zero attached hydrogens (tertiary/aromatic N) is 2. The molecule has 2 aromatic carbocycles. The third-order valence-electron chi connectivity index (χ3n) is 3.22. The molecule has 0 aliphatic rings. The Kier molecular flexibility index (Phi) is 1.96. The topological polar surface area (TPSA) is 25.8 Å². The first-order valence-electron chi connectivity index (χ1n) is 10.5. The zero-order valence-corrected chi connectivity index (χ0v) is 11.2. The summed E-state index contributed by atoms with van der Waals surface area (Å²) in [4.78, 5) is 0. The summed E-state index contributed by atoms with van der Waals surface area (Å²) >= 11 is 0. The highest BCUT2D eigenvalue weighted by atomic mass is 15.1. The molecule has 3 rings (SSSR count). The lowest BCUT2D eigenvalue weighted by atomic mass is 9.92. The molecule has 0 unspecified atom stereocenters. The van der Waals surface area contributed by atoms with E-state index in [1.54, 1.807) is 60.7 Å². The summed E-state index contributed by atoms with van der Waals surface area (Å²) in [6.07, 6.45) is -2.85. The standard InChI is InChI=1S/C19H18N2/c1-3-17-19(16-12-8-5-9-13-16)18(14(2)20-21-17)15-10-6-4-7-11-15/h4-13H,3H2,1-2H3/i1D3,2D3,3D2. The number of rotatable bonds is 3. The molecule has 0 aliphatic heterocycles. The summed E-state index contributed by atoms with van der Waals surface area (Å²) in [7, 11) is 0. The van der Waals surface area contributed by atoms with Crippen LogP contribution in [-0.4, -0.2) is 10.2 Å². The first kappa shape index (κ1) is 6.99. The zero-order chi connectivity index (χ0) is 21.4. The molecule has 2 nitrogen and oxygen atoms in total. The van der Waals surface area contributed by atoms with Gasteiger partial charge in [-0.25, -0.2) is 0 Å². The minimum atomic E-state index is -3.03. The van der Waals surface area contributed by atoms with Gasteiger partial charge in [-0.3, -0.25) is 0 Å². The second kappa shape index (κ2) is 5.88. The van der Waals surface area contributed by atoms with Gasteiger partial charge in [-0.1, -0.05) is 67.5 Å². The zero-order valence-electron chi connectivity index (χ0n) is 19.2. The second-order valence-corrected chi connectivity index (χ2v) is 4.50. The molecule has 0 bridgehead atoms. The molecule has 0 saturated heterocycles. The fourth-order valence-electron chi connectivity index (χ4n) is 2.30. The van der Waals surface area contributed by atoms with E-state index in [-0.39, 0.29) is 16.8 Å². The third-order valence-corrected chi connectivity index (χ3v) is 3.22. The fourth-order valence-corrected chi connectivity index (χ4v) is 2.30. The lowest BCUT2D eigenvalue weighted by Gasteiger charge is -2.15. The predicted molar refractivity (Wildman–Crippen MR) is 87.0 cm³/mol. The highest BCUT2D eigenvalue weighted by Crippen LogP contribution is 2.35. The van der Waals surface area contributed by atoms with Crippen molar-refractivity contribution in [2.45, 2.75) is 20.1 Å². The number of aryl methyl sites for hydroxylation is 2. The van der Waals surface area contributed by atoms with E-state index >= 15 is 0 Å². The van der Waals surface area contributed by atoms with Crippen molar-refractivity contribution >= 4 is 0 Å². The van der Waals surface area contributed by atoms with Gasteiger partial charge < -0.3 is 0 Å². The molecule has 0 N–H and O–H groups in total. The average Bonchev–Trinajstić information content (AvgIpc) is 2.66.